The molecule has 1 N–H and O–H groups in total. The van der Waals surface area contributed by atoms with E-state index in [0.717, 1.165) is 6.54 Å². The molecule has 1 aliphatic heterocycles. The quantitative estimate of drug-likeness (QED) is 0.793. The van der Waals surface area contributed by atoms with Crippen LogP contribution in [0.3, 0.4) is 0 Å². The van der Waals surface area contributed by atoms with Crippen LogP contribution < -0.4 is 5.32 Å². The molecule has 0 aromatic carbocycles. The summed E-state index contributed by atoms with van der Waals surface area (Å²) in [6.07, 6.45) is 3.71. The lowest BCUT2D eigenvalue weighted by Crippen LogP contribution is -2.31. The van der Waals surface area contributed by atoms with Crippen molar-refractivity contribution < 1.29 is 0 Å². The van der Waals surface area contributed by atoms with Crippen LogP contribution in [-0.2, 0) is 13.0 Å². The fourth-order valence-corrected chi connectivity index (χ4v) is 3.01. The lowest BCUT2D eigenvalue weighted by atomic mass is 9.87. The molecule has 0 radical (unpaired) electrons. The first-order chi connectivity index (χ1) is 7.04. The second kappa shape index (κ2) is 4.22. The van der Waals surface area contributed by atoms with E-state index in [1.165, 1.54) is 29.8 Å². The maximum Gasteiger partial charge on any atom is 0.0798 e. The van der Waals surface area contributed by atoms with Crippen molar-refractivity contribution in [1.82, 2.24) is 10.3 Å². The van der Waals surface area contributed by atoms with Crippen LogP contribution in [0.1, 0.15) is 44.2 Å². The molecule has 0 spiro atoms. The van der Waals surface area contributed by atoms with Crippen molar-refractivity contribution >= 4 is 11.3 Å². The molecule has 0 fully saturated rings. The van der Waals surface area contributed by atoms with Gasteiger partial charge < -0.3 is 5.32 Å². The first-order valence-corrected chi connectivity index (χ1v) is 6.57. The summed E-state index contributed by atoms with van der Waals surface area (Å²) in [5, 5.41) is 3.62. The Balaban J connectivity index is 1.97. The molecule has 2 heterocycles. The number of hydrogen-bond acceptors (Lipinski definition) is 3. The average molecular weight is 224 g/mol. The largest absolute Gasteiger partial charge is 0.308 e. The van der Waals surface area contributed by atoms with E-state index in [0.29, 0.717) is 11.5 Å². The summed E-state index contributed by atoms with van der Waals surface area (Å²) in [4.78, 5) is 5.89. The van der Waals surface area contributed by atoms with E-state index < -0.39 is 0 Å². The van der Waals surface area contributed by atoms with E-state index in [-0.39, 0.29) is 0 Å². The Morgan fingerprint density at radius 2 is 2.33 bits per heavy atom. The standard InChI is InChI=1S/C12H20N2S/c1-12(2,3)6-9-4-5-11-10(7-13-9)14-8-15-11/h8-9,13H,4-7H2,1-3H3. The van der Waals surface area contributed by atoms with Crippen LogP contribution in [0.25, 0.3) is 0 Å². The van der Waals surface area contributed by atoms with Gasteiger partial charge in [0.15, 0.2) is 0 Å². The lowest BCUT2D eigenvalue weighted by Gasteiger charge is -2.25. The summed E-state index contributed by atoms with van der Waals surface area (Å²) in [5.74, 6) is 0. The van der Waals surface area contributed by atoms with Crippen molar-refractivity contribution in [3.63, 3.8) is 0 Å². The number of rotatable bonds is 1. The van der Waals surface area contributed by atoms with Crippen LogP contribution in [0.4, 0.5) is 0 Å². The third kappa shape index (κ3) is 3.02. The molecule has 0 saturated carbocycles. The SMILES string of the molecule is CC(C)(C)CC1CCc2scnc2CN1. The fraction of sp³-hybridized carbons (Fsp3) is 0.750. The second-order valence-corrected chi connectivity index (χ2v) is 6.54. The van der Waals surface area contributed by atoms with Gasteiger partial charge in [-0.1, -0.05) is 20.8 Å². The number of aromatic nitrogens is 1. The minimum atomic E-state index is 0.420. The van der Waals surface area contributed by atoms with Crippen LogP contribution in [0.5, 0.6) is 0 Å². The van der Waals surface area contributed by atoms with Gasteiger partial charge in [-0.15, -0.1) is 11.3 Å². The number of nitrogens with zero attached hydrogens (tertiary/aromatic N) is 1. The summed E-state index contributed by atoms with van der Waals surface area (Å²) in [6, 6.07) is 0.659. The third-order valence-corrected chi connectivity index (χ3v) is 3.80. The number of fused-ring (bicyclic) bond motifs is 1. The van der Waals surface area contributed by atoms with Gasteiger partial charge in [-0.25, -0.2) is 4.98 Å². The Labute approximate surface area is 96.1 Å². The van der Waals surface area contributed by atoms with Crippen LogP contribution in [-0.4, -0.2) is 11.0 Å². The highest BCUT2D eigenvalue weighted by atomic mass is 32.1. The predicted molar refractivity (Wildman–Crippen MR) is 65.1 cm³/mol. The average Bonchev–Trinajstić information content (AvgIpc) is 2.48. The summed E-state index contributed by atoms with van der Waals surface area (Å²) >= 11 is 1.81. The van der Waals surface area contributed by atoms with Crippen molar-refractivity contribution in [1.29, 1.82) is 0 Å². The van der Waals surface area contributed by atoms with Crippen molar-refractivity contribution in [2.24, 2.45) is 5.41 Å². The van der Waals surface area contributed by atoms with Gasteiger partial charge in [0.1, 0.15) is 0 Å². The van der Waals surface area contributed by atoms with Gasteiger partial charge in [0.05, 0.1) is 11.2 Å². The number of thiazole rings is 1. The maximum absolute atomic E-state index is 4.40. The Hall–Kier alpha value is -0.410. The molecular weight excluding hydrogens is 204 g/mol. The van der Waals surface area contributed by atoms with Crippen molar-refractivity contribution in [3.05, 3.63) is 16.1 Å². The van der Waals surface area contributed by atoms with Gasteiger partial charge in [-0.2, -0.15) is 0 Å². The molecule has 15 heavy (non-hydrogen) atoms. The Morgan fingerprint density at radius 3 is 3.07 bits per heavy atom. The minimum Gasteiger partial charge on any atom is -0.308 e. The Bertz CT molecular complexity index is 302. The first kappa shape index (κ1) is 11.1. The molecular formula is C12H20N2S. The van der Waals surface area contributed by atoms with Gasteiger partial charge in [0, 0.05) is 17.5 Å². The molecule has 1 atom stereocenters. The van der Waals surface area contributed by atoms with Crippen LogP contribution in [0, 0.1) is 5.41 Å². The topological polar surface area (TPSA) is 24.9 Å². The van der Waals surface area contributed by atoms with E-state index >= 15 is 0 Å². The molecule has 1 unspecified atom stereocenters. The van der Waals surface area contributed by atoms with Crippen LogP contribution >= 0.6 is 11.3 Å². The molecule has 1 aromatic rings. The van der Waals surface area contributed by atoms with Crippen molar-refractivity contribution in [2.45, 2.75) is 52.6 Å². The van der Waals surface area contributed by atoms with Gasteiger partial charge in [0.25, 0.3) is 0 Å². The molecule has 2 nitrogen and oxygen atoms in total. The van der Waals surface area contributed by atoms with E-state index in [9.17, 15) is 0 Å². The highest BCUT2D eigenvalue weighted by molar-refractivity contribution is 7.09. The van der Waals surface area contributed by atoms with Gasteiger partial charge in [-0.3, -0.25) is 0 Å². The van der Waals surface area contributed by atoms with Crippen LogP contribution in [0.15, 0.2) is 5.51 Å². The molecule has 1 aromatic heterocycles. The van der Waals surface area contributed by atoms with E-state index in [2.05, 4.69) is 31.1 Å². The molecule has 0 bridgehead atoms. The molecule has 3 heteroatoms. The van der Waals surface area contributed by atoms with Gasteiger partial charge >= 0.3 is 0 Å². The number of aryl methyl sites for hydroxylation is 1. The summed E-state index contributed by atoms with van der Waals surface area (Å²) < 4.78 is 0. The second-order valence-electron chi connectivity index (χ2n) is 5.60. The normalized spacial score (nSPS) is 22.2. The van der Waals surface area contributed by atoms with Gasteiger partial charge in [-0.05, 0) is 24.7 Å². The lowest BCUT2D eigenvalue weighted by molar-refractivity contribution is 0.300. The monoisotopic (exact) mass is 224 g/mol. The van der Waals surface area contributed by atoms with Crippen molar-refractivity contribution in [3.8, 4) is 0 Å². The zero-order chi connectivity index (χ0) is 10.9. The van der Waals surface area contributed by atoms with E-state index in [1.54, 1.807) is 0 Å². The molecule has 1 aliphatic rings. The highest BCUT2D eigenvalue weighted by Gasteiger charge is 2.22. The smallest absolute Gasteiger partial charge is 0.0798 e. The molecule has 0 saturated heterocycles. The summed E-state index contributed by atoms with van der Waals surface area (Å²) in [7, 11) is 0. The molecule has 0 aliphatic carbocycles. The van der Waals surface area contributed by atoms with E-state index in [1.807, 2.05) is 16.8 Å². The maximum atomic E-state index is 4.40. The zero-order valence-corrected chi connectivity index (χ0v) is 10.7. The fourth-order valence-electron chi connectivity index (χ4n) is 2.20. The minimum absolute atomic E-state index is 0.420. The predicted octanol–water partition coefficient (Wildman–Crippen LogP) is 2.98. The molecule has 84 valence electrons. The highest BCUT2D eigenvalue weighted by Crippen LogP contribution is 2.26. The summed E-state index contributed by atoms with van der Waals surface area (Å²) in [5.41, 5.74) is 3.66. The summed E-state index contributed by atoms with van der Waals surface area (Å²) in [6.45, 7) is 7.90. The van der Waals surface area contributed by atoms with Crippen LogP contribution in [0.2, 0.25) is 0 Å². The van der Waals surface area contributed by atoms with E-state index in [4.69, 9.17) is 0 Å². The first-order valence-electron chi connectivity index (χ1n) is 5.69. The Kier molecular flexibility index (Phi) is 3.12. The third-order valence-electron chi connectivity index (χ3n) is 2.86. The molecule has 2 rings (SSSR count). The molecule has 0 amide bonds. The van der Waals surface area contributed by atoms with Gasteiger partial charge in [0.2, 0.25) is 0 Å². The zero-order valence-electron chi connectivity index (χ0n) is 9.84. The number of nitrogens with one attached hydrogen (secondary N) is 1. The number of hydrogen-bond donors (Lipinski definition) is 1. The Morgan fingerprint density at radius 1 is 1.53 bits per heavy atom. The van der Waals surface area contributed by atoms with Crippen molar-refractivity contribution in [2.75, 3.05) is 0 Å².